The van der Waals surface area contributed by atoms with Gasteiger partial charge in [0.25, 0.3) is 0 Å². The molecule has 2 nitrogen and oxygen atoms in total. The summed E-state index contributed by atoms with van der Waals surface area (Å²) in [5.41, 5.74) is 1.34. The maximum Gasteiger partial charge on any atom is 0.312 e. The second-order valence-electron chi connectivity index (χ2n) is 9.00. The SMILES string of the molecule is C=Cc1cccc(C2(OC(=O)C(C)(C)CC)CCC3CCCCC3C2)c1. The van der Waals surface area contributed by atoms with Gasteiger partial charge in [0.2, 0.25) is 0 Å². The van der Waals surface area contributed by atoms with E-state index in [1.54, 1.807) is 0 Å². The lowest BCUT2D eigenvalue weighted by Gasteiger charge is -2.47. The zero-order chi connectivity index (χ0) is 18.8. The normalized spacial score (nSPS) is 28.9. The predicted octanol–water partition coefficient (Wildman–Crippen LogP) is 6.49. The van der Waals surface area contributed by atoms with Gasteiger partial charge in [-0.2, -0.15) is 0 Å². The summed E-state index contributed by atoms with van der Waals surface area (Å²) < 4.78 is 6.40. The molecule has 0 N–H and O–H groups in total. The highest BCUT2D eigenvalue weighted by atomic mass is 16.6. The Balaban J connectivity index is 1.95. The van der Waals surface area contributed by atoms with Gasteiger partial charge in [0, 0.05) is 0 Å². The zero-order valence-corrected chi connectivity index (χ0v) is 16.7. The molecule has 2 heteroatoms. The van der Waals surface area contributed by atoms with Crippen LogP contribution < -0.4 is 0 Å². The van der Waals surface area contributed by atoms with Crippen LogP contribution in [0.4, 0.5) is 0 Å². The molecule has 0 aromatic heterocycles. The lowest BCUT2D eigenvalue weighted by atomic mass is 9.64. The third-order valence-corrected chi connectivity index (χ3v) is 6.95. The Morgan fingerprint density at radius 2 is 2.00 bits per heavy atom. The van der Waals surface area contributed by atoms with Crippen molar-refractivity contribution in [2.45, 2.75) is 77.7 Å². The molecule has 2 aliphatic carbocycles. The zero-order valence-electron chi connectivity index (χ0n) is 16.7. The van der Waals surface area contributed by atoms with Crippen molar-refractivity contribution in [3.63, 3.8) is 0 Å². The number of rotatable bonds is 5. The topological polar surface area (TPSA) is 26.3 Å². The van der Waals surface area contributed by atoms with Crippen molar-refractivity contribution < 1.29 is 9.53 Å². The predicted molar refractivity (Wildman–Crippen MR) is 108 cm³/mol. The number of carbonyl (C=O) groups excluding carboxylic acids is 1. The third kappa shape index (κ3) is 3.75. The molecule has 0 heterocycles. The van der Waals surface area contributed by atoms with E-state index in [1.807, 2.05) is 19.9 Å². The van der Waals surface area contributed by atoms with Crippen LogP contribution in [0.2, 0.25) is 0 Å². The molecule has 3 rings (SSSR count). The molecule has 2 aliphatic rings. The Labute approximate surface area is 159 Å². The molecular formula is C24H34O2. The summed E-state index contributed by atoms with van der Waals surface area (Å²) in [6.45, 7) is 9.96. The maximum absolute atomic E-state index is 13.0. The van der Waals surface area contributed by atoms with E-state index >= 15 is 0 Å². The molecule has 0 spiro atoms. The van der Waals surface area contributed by atoms with Crippen molar-refractivity contribution in [1.29, 1.82) is 0 Å². The van der Waals surface area contributed by atoms with Crippen molar-refractivity contribution in [3.8, 4) is 0 Å². The Kier molecular flexibility index (Phi) is 5.60. The van der Waals surface area contributed by atoms with E-state index in [0.29, 0.717) is 5.92 Å². The molecular weight excluding hydrogens is 320 g/mol. The molecule has 0 aliphatic heterocycles. The van der Waals surface area contributed by atoms with Gasteiger partial charge in [-0.15, -0.1) is 0 Å². The summed E-state index contributed by atoms with van der Waals surface area (Å²) in [6, 6.07) is 8.44. The summed E-state index contributed by atoms with van der Waals surface area (Å²) in [5, 5.41) is 0. The monoisotopic (exact) mass is 354 g/mol. The van der Waals surface area contributed by atoms with Crippen molar-refractivity contribution in [1.82, 2.24) is 0 Å². The molecule has 3 unspecified atom stereocenters. The first kappa shape index (κ1) is 19.2. The standard InChI is InChI=1S/C24H34O2/c1-5-18-10-9-13-21(16-18)24(26-22(25)23(3,4)6-2)15-14-19-11-7-8-12-20(19)17-24/h5,9-10,13,16,19-20H,1,6-8,11-12,14-15,17H2,2-4H3. The summed E-state index contributed by atoms with van der Waals surface area (Å²) in [5.74, 6) is 1.44. The Hall–Kier alpha value is -1.57. The molecule has 0 saturated heterocycles. The summed E-state index contributed by atoms with van der Waals surface area (Å²) in [4.78, 5) is 13.0. The Morgan fingerprint density at radius 3 is 2.69 bits per heavy atom. The van der Waals surface area contributed by atoms with Crippen LogP contribution in [0.3, 0.4) is 0 Å². The van der Waals surface area contributed by atoms with Gasteiger partial charge < -0.3 is 4.74 Å². The number of fused-ring (bicyclic) bond motifs is 1. The number of esters is 1. The lowest BCUT2D eigenvalue weighted by molar-refractivity contribution is -0.181. The van der Waals surface area contributed by atoms with Crippen molar-refractivity contribution in [2.75, 3.05) is 0 Å². The molecule has 3 atom stereocenters. The molecule has 2 saturated carbocycles. The van der Waals surface area contributed by atoms with Gasteiger partial charge >= 0.3 is 5.97 Å². The minimum Gasteiger partial charge on any atom is -0.454 e. The van der Waals surface area contributed by atoms with Crippen molar-refractivity contribution in [3.05, 3.63) is 42.0 Å². The molecule has 0 radical (unpaired) electrons. The smallest absolute Gasteiger partial charge is 0.312 e. The summed E-state index contributed by atoms with van der Waals surface area (Å²) >= 11 is 0. The molecule has 1 aromatic carbocycles. The fraction of sp³-hybridized carbons (Fsp3) is 0.625. The minimum atomic E-state index is -0.471. The first-order valence-corrected chi connectivity index (χ1v) is 10.4. The van der Waals surface area contributed by atoms with Crippen LogP contribution in [-0.2, 0) is 15.1 Å². The van der Waals surface area contributed by atoms with Gasteiger partial charge in [-0.3, -0.25) is 4.79 Å². The van der Waals surface area contributed by atoms with Gasteiger partial charge in [-0.05, 0) is 68.6 Å². The largest absolute Gasteiger partial charge is 0.454 e. The number of ether oxygens (including phenoxy) is 1. The van der Waals surface area contributed by atoms with Crippen LogP contribution in [0.15, 0.2) is 30.8 Å². The van der Waals surface area contributed by atoms with Crippen LogP contribution in [0, 0.1) is 17.3 Å². The van der Waals surface area contributed by atoms with Gasteiger partial charge in [0.1, 0.15) is 5.60 Å². The van der Waals surface area contributed by atoms with E-state index in [9.17, 15) is 4.79 Å². The summed E-state index contributed by atoms with van der Waals surface area (Å²) in [7, 11) is 0. The number of hydrogen-bond acceptors (Lipinski definition) is 2. The second kappa shape index (κ2) is 7.58. The molecule has 142 valence electrons. The first-order chi connectivity index (χ1) is 12.4. The minimum absolute atomic E-state index is 0.0572. The van der Waals surface area contributed by atoms with Crippen molar-refractivity contribution in [2.24, 2.45) is 17.3 Å². The molecule has 1 aromatic rings. The van der Waals surface area contributed by atoms with Gasteiger partial charge in [0.15, 0.2) is 0 Å². The van der Waals surface area contributed by atoms with Gasteiger partial charge in [-0.1, -0.05) is 63.5 Å². The molecule has 2 fully saturated rings. The van der Waals surface area contributed by atoms with Crippen LogP contribution in [0.25, 0.3) is 6.08 Å². The van der Waals surface area contributed by atoms with Crippen LogP contribution >= 0.6 is 0 Å². The average Bonchev–Trinajstić information content (AvgIpc) is 2.67. The lowest BCUT2D eigenvalue weighted by Crippen LogP contribution is -2.44. The number of benzene rings is 1. The average molecular weight is 355 g/mol. The summed E-state index contributed by atoms with van der Waals surface area (Å²) in [6.07, 6.45) is 11.1. The van der Waals surface area contributed by atoms with Crippen LogP contribution in [-0.4, -0.2) is 5.97 Å². The number of carbonyl (C=O) groups is 1. The van der Waals surface area contributed by atoms with Gasteiger partial charge in [0.05, 0.1) is 5.41 Å². The fourth-order valence-corrected chi connectivity index (χ4v) is 4.70. The van der Waals surface area contributed by atoms with E-state index in [0.717, 1.165) is 36.3 Å². The van der Waals surface area contributed by atoms with E-state index < -0.39 is 11.0 Å². The van der Waals surface area contributed by atoms with E-state index in [1.165, 1.54) is 32.1 Å². The first-order valence-electron chi connectivity index (χ1n) is 10.4. The van der Waals surface area contributed by atoms with E-state index in [-0.39, 0.29) is 5.97 Å². The highest BCUT2D eigenvalue weighted by molar-refractivity contribution is 5.76. The van der Waals surface area contributed by atoms with E-state index in [4.69, 9.17) is 4.74 Å². The second-order valence-corrected chi connectivity index (χ2v) is 9.00. The molecule has 26 heavy (non-hydrogen) atoms. The van der Waals surface area contributed by atoms with Crippen molar-refractivity contribution >= 4 is 12.0 Å². The number of hydrogen-bond donors (Lipinski definition) is 0. The fourth-order valence-electron chi connectivity index (χ4n) is 4.70. The third-order valence-electron chi connectivity index (χ3n) is 6.95. The maximum atomic E-state index is 13.0. The Bertz CT molecular complexity index is 660. The molecule has 0 bridgehead atoms. The Morgan fingerprint density at radius 1 is 1.27 bits per heavy atom. The van der Waals surface area contributed by atoms with Crippen LogP contribution in [0.1, 0.15) is 83.3 Å². The van der Waals surface area contributed by atoms with E-state index in [2.05, 4.69) is 37.8 Å². The highest BCUT2D eigenvalue weighted by Crippen LogP contribution is 2.51. The van der Waals surface area contributed by atoms with Crippen LogP contribution in [0.5, 0.6) is 0 Å². The molecule has 0 amide bonds. The highest BCUT2D eigenvalue weighted by Gasteiger charge is 2.47. The van der Waals surface area contributed by atoms with Gasteiger partial charge in [-0.25, -0.2) is 0 Å². The quantitative estimate of drug-likeness (QED) is 0.565.